The summed E-state index contributed by atoms with van der Waals surface area (Å²) in [5, 5.41) is 9.44. The number of esters is 1. The Morgan fingerprint density at radius 1 is 1.14 bits per heavy atom. The second-order valence-corrected chi connectivity index (χ2v) is 9.24. The molecule has 1 heterocycles. The third kappa shape index (κ3) is 4.86. The number of alkyl halides is 3. The molecule has 2 aliphatic rings. The zero-order valence-corrected chi connectivity index (χ0v) is 20.1. The molecule has 0 N–H and O–H groups in total. The minimum Gasteiger partial charge on any atom is -0.492 e. The minimum atomic E-state index is -4.51. The number of benzene rings is 3. The van der Waals surface area contributed by atoms with Crippen molar-refractivity contribution in [3.05, 3.63) is 93.5 Å². The first kappa shape index (κ1) is 24.7. The number of ether oxygens (including phenoxy) is 3. The summed E-state index contributed by atoms with van der Waals surface area (Å²) in [6.45, 7) is 0.369. The van der Waals surface area contributed by atoms with Crippen LogP contribution in [0.3, 0.4) is 0 Å². The fourth-order valence-electron chi connectivity index (χ4n) is 5.25. The van der Waals surface area contributed by atoms with E-state index in [0.29, 0.717) is 47.6 Å². The molecular formula is C29H24F3NO4. The van der Waals surface area contributed by atoms with E-state index in [9.17, 15) is 23.2 Å². The fraction of sp³-hybridized carbons (Fsp3) is 0.310. The van der Waals surface area contributed by atoms with Gasteiger partial charge in [-0.15, -0.1) is 0 Å². The van der Waals surface area contributed by atoms with Crippen LogP contribution in [0.15, 0.2) is 54.6 Å². The molecule has 1 aliphatic heterocycles. The second-order valence-electron chi connectivity index (χ2n) is 9.24. The molecule has 2 atom stereocenters. The Hall–Kier alpha value is -3.99. The van der Waals surface area contributed by atoms with Gasteiger partial charge in [-0.05, 0) is 59.7 Å². The van der Waals surface area contributed by atoms with Gasteiger partial charge in [0.1, 0.15) is 17.6 Å². The standard InChI is InChI=1S/C29H24F3NO4/c1-35-28(34)13-19-16-36-27-14-20(6-7-21(19)27)37-26-11-9-22-23(26)8-10-25(29(30,31)32)24(22)12-17-4-2-3-5-18(17)15-33/h2-8,10,14,19,26H,9,11-13,16H2,1H3/t19-,26-/m1/s1. The van der Waals surface area contributed by atoms with Gasteiger partial charge in [-0.3, -0.25) is 4.79 Å². The highest BCUT2D eigenvalue weighted by molar-refractivity contribution is 5.71. The average Bonchev–Trinajstić information content (AvgIpc) is 3.47. The second kappa shape index (κ2) is 9.81. The summed E-state index contributed by atoms with van der Waals surface area (Å²) in [7, 11) is 1.35. The first-order chi connectivity index (χ1) is 17.8. The molecule has 0 bridgehead atoms. The molecule has 0 aromatic heterocycles. The van der Waals surface area contributed by atoms with Gasteiger partial charge in [-0.1, -0.05) is 30.3 Å². The van der Waals surface area contributed by atoms with Crippen LogP contribution in [0.25, 0.3) is 0 Å². The van der Waals surface area contributed by atoms with E-state index in [1.54, 1.807) is 36.4 Å². The molecule has 0 saturated carbocycles. The number of carbonyl (C=O) groups excluding carboxylic acids is 1. The van der Waals surface area contributed by atoms with E-state index >= 15 is 0 Å². The van der Waals surface area contributed by atoms with E-state index in [4.69, 9.17) is 14.2 Å². The molecule has 0 radical (unpaired) electrons. The van der Waals surface area contributed by atoms with Crippen LogP contribution in [0.2, 0.25) is 0 Å². The number of carbonyl (C=O) groups is 1. The minimum absolute atomic E-state index is 0.0166. The quantitative estimate of drug-likeness (QED) is 0.368. The summed E-state index contributed by atoms with van der Waals surface area (Å²) in [6, 6.07) is 16.9. The molecule has 1 aliphatic carbocycles. The lowest BCUT2D eigenvalue weighted by atomic mass is 9.90. The molecule has 37 heavy (non-hydrogen) atoms. The average molecular weight is 508 g/mol. The number of rotatable bonds is 6. The van der Waals surface area contributed by atoms with Crippen molar-refractivity contribution in [2.45, 2.75) is 43.9 Å². The number of nitriles is 1. The van der Waals surface area contributed by atoms with Crippen LogP contribution in [0.5, 0.6) is 11.5 Å². The van der Waals surface area contributed by atoms with Gasteiger partial charge >= 0.3 is 12.1 Å². The van der Waals surface area contributed by atoms with Crippen LogP contribution >= 0.6 is 0 Å². The molecule has 0 amide bonds. The molecule has 3 aromatic carbocycles. The maximum Gasteiger partial charge on any atom is 0.416 e. The topological polar surface area (TPSA) is 68.6 Å². The third-order valence-electron chi connectivity index (χ3n) is 7.07. The largest absolute Gasteiger partial charge is 0.492 e. The van der Waals surface area contributed by atoms with E-state index in [1.807, 2.05) is 6.07 Å². The van der Waals surface area contributed by atoms with Crippen molar-refractivity contribution in [3.8, 4) is 17.6 Å². The van der Waals surface area contributed by atoms with Crippen LogP contribution in [0.1, 0.15) is 63.8 Å². The lowest BCUT2D eigenvalue weighted by molar-refractivity contribution is -0.141. The van der Waals surface area contributed by atoms with Gasteiger partial charge in [0, 0.05) is 17.5 Å². The van der Waals surface area contributed by atoms with Crippen LogP contribution in [-0.4, -0.2) is 19.7 Å². The summed E-state index contributed by atoms with van der Waals surface area (Å²) in [5.74, 6) is 0.775. The van der Waals surface area contributed by atoms with E-state index in [1.165, 1.54) is 13.2 Å². The van der Waals surface area contributed by atoms with E-state index in [2.05, 4.69) is 6.07 Å². The predicted molar refractivity (Wildman–Crippen MR) is 128 cm³/mol. The van der Waals surface area contributed by atoms with Crippen molar-refractivity contribution in [1.29, 1.82) is 5.26 Å². The lowest BCUT2D eigenvalue weighted by Gasteiger charge is -2.20. The summed E-state index contributed by atoms with van der Waals surface area (Å²) in [4.78, 5) is 11.7. The molecular weight excluding hydrogens is 483 g/mol. The normalized spacial score (nSPS) is 17.9. The number of nitrogens with zero attached hydrogens (tertiary/aromatic N) is 1. The zero-order valence-electron chi connectivity index (χ0n) is 20.1. The van der Waals surface area contributed by atoms with Crippen molar-refractivity contribution < 1.29 is 32.2 Å². The first-order valence-corrected chi connectivity index (χ1v) is 12.0. The van der Waals surface area contributed by atoms with Gasteiger partial charge in [0.05, 0.1) is 37.3 Å². The smallest absolute Gasteiger partial charge is 0.416 e. The summed E-state index contributed by atoms with van der Waals surface area (Å²) < 4.78 is 58.6. The Morgan fingerprint density at radius 3 is 2.68 bits per heavy atom. The Labute approximate surface area is 212 Å². The van der Waals surface area contributed by atoms with Crippen molar-refractivity contribution in [2.75, 3.05) is 13.7 Å². The highest BCUT2D eigenvalue weighted by Crippen LogP contribution is 2.44. The number of hydrogen-bond acceptors (Lipinski definition) is 5. The van der Waals surface area contributed by atoms with Gasteiger partial charge in [-0.25, -0.2) is 0 Å². The van der Waals surface area contributed by atoms with E-state index in [-0.39, 0.29) is 30.3 Å². The number of fused-ring (bicyclic) bond motifs is 2. The zero-order chi connectivity index (χ0) is 26.2. The van der Waals surface area contributed by atoms with E-state index in [0.717, 1.165) is 17.2 Å². The predicted octanol–water partition coefficient (Wildman–Crippen LogP) is 6.27. The molecule has 0 spiro atoms. The molecule has 0 fully saturated rings. The van der Waals surface area contributed by atoms with Crippen molar-refractivity contribution in [2.24, 2.45) is 0 Å². The van der Waals surface area contributed by atoms with Crippen molar-refractivity contribution >= 4 is 5.97 Å². The highest BCUT2D eigenvalue weighted by atomic mass is 19.4. The van der Waals surface area contributed by atoms with Crippen LogP contribution < -0.4 is 9.47 Å². The Morgan fingerprint density at radius 2 is 1.92 bits per heavy atom. The number of methoxy groups -OCH3 is 1. The fourth-order valence-corrected chi connectivity index (χ4v) is 5.25. The van der Waals surface area contributed by atoms with Gasteiger partial charge in [-0.2, -0.15) is 18.4 Å². The Bertz CT molecular complexity index is 1390. The lowest BCUT2D eigenvalue weighted by Crippen LogP contribution is -2.13. The highest BCUT2D eigenvalue weighted by Gasteiger charge is 2.38. The maximum absolute atomic E-state index is 14.0. The van der Waals surface area contributed by atoms with Gasteiger partial charge < -0.3 is 14.2 Å². The summed E-state index contributed by atoms with van der Waals surface area (Å²) in [5.41, 5.74) is 2.69. The first-order valence-electron chi connectivity index (χ1n) is 12.0. The maximum atomic E-state index is 14.0. The molecule has 3 aromatic rings. The monoisotopic (exact) mass is 507 g/mol. The molecule has 5 rings (SSSR count). The van der Waals surface area contributed by atoms with Crippen molar-refractivity contribution in [3.63, 3.8) is 0 Å². The van der Waals surface area contributed by atoms with Gasteiger partial charge in [0.15, 0.2) is 0 Å². The van der Waals surface area contributed by atoms with Crippen LogP contribution in [-0.2, 0) is 28.5 Å². The van der Waals surface area contributed by atoms with E-state index < -0.39 is 17.8 Å². The van der Waals surface area contributed by atoms with Crippen LogP contribution in [0, 0.1) is 11.3 Å². The summed E-state index contributed by atoms with van der Waals surface area (Å²) >= 11 is 0. The molecule has 5 nitrogen and oxygen atoms in total. The van der Waals surface area contributed by atoms with Gasteiger partial charge in [0.2, 0.25) is 0 Å². The molecule has 0 saturated heterocycles. The number of hydrogen-bond donors (Lipinski definition) is 0. The van der Waals surface area contributed by atoms with Crippen LogP contribution in [0.4, 0.5) is 13.2 Å². The Kier molecular flexibility index (Phi) is 6.55. The summed E-state index contributed by atoms with van der Waals surface area (Å²) in [6.07, 6.45) is -3.71. The van der Waals surface area contributed by atoms with Gasteiger partial charge in [0.25, 0.3) is 0 Å². The SMILES string of the molecule is COC(=O)C[C@@H]1COc2cc(O[C@@H]3CCc4c3ccc(C(F)(F)F)c4Cc3ccccc3C#N)ccc21. The molecule has 190 valence electrons. The molecule has 0 unspecified atom stereocenters. The molecule has 8 heteroatoms. The Balaban J connectivity index is 1.43. The number of halogens is 3. The van der Waals surface area contributed by atoms with Crippen molar-refractivity contribution in [1.82, 2.24) is 0 Å². The third-order valence-corrected chi connectivity index (χ3v) is 7.07.